The number of nitrogens with two attached hydrogens (primary N) is 1. The van der Waals surface area contributed by atoms with Crippen molar-refractivity contribution in [2.75, 3.05) is 13.1 Å². The minimum atomic E-state index is -0.172. The highest BCUT2D eigenvalue weighted by atomic mass is 16.2. The van der Waals surface area contributed by atoms with Crippen molar-refractivity contribution in [1.29, 1.82) is 0 Å². The number of rotatable bonds is 6. The first-order valence-electron chi connectivity index (χ1n) is 7.49. The van der Waals surface area contributed by atoms with E-state index in [2.05, 4.69) is 10.6 Å². The zero-order valence-corrected chi connectivity index (χ0v) is 12.2. The second-order valence-corrected chi connectivity index (χ2v) is 5.51. The fourth-order valence-electron chi connectivity index (χ4n) is 2.82. The van der Waals surface area contributed by atoms with Gasteiger partial charge in [-0.3, -0.25) is 9.59 Å². The minimum absolute atomic E-state index is 0.0272. The van der Waals surface area contributed by atoms with E-state index in [1.165, 1.54) is 0 Å². The molecule has 0 aromatic heterocycles. The summed E-state index contributed by atoms with van der Waals surface area (Å²) >= 11 is 0. The van der Waals surface area contributed by atoms with Crippen LogP contribution >= 0.6 is 0 Å². The van der Waals surface area contributed by atoms with Crippen molar-refractivity contribution in [3.63, 3.8) is 0 Å². The first kappa shape index (κ1) is 15.5. The van der Waals surface area contributed by atoms with Crippen LogP contribution in [0.1, 0.15) is 24.8 Å². The van der Waals surface area contributed by atoms with Crippen LogP contribution in [0.3, 0.4) is 0 Å². The molecule has 5 nitrogen and oxygen atoms in total. The zero-order valence-electron chi connectivity index (χ0n) is 12.2. The van der Waals surface area contributed by atoms with Gasteiger partial charge in [0.15, 0.2) is 0 Å². The number of carbonyl (C=O) groups excluding carboxylic acids is 2. The number of hydrogen-bond donors (Lipinski definition) is 3. The van der Waals surface area contributed by atoms with Crippen molar-refractivity contribution in [3.8, 4) is 0 Å². The van der Waals surface area contributed by atoms with Crippen molar-refractivity contribution < 1.29 is 9.59 Å². The van der Waals surface area contributed by atoms with Gasteiger partial charge >= 0.3 is 0 Å². The molecule has 0 radical (unpaired) electrons. The van der Waals surface area contributed by atoms with Crippen molar-refractivity contribution >= 4 is 11.8 Å². The Morgan fingerprint density at radius 1 is 1.14 bits per heavy atom. The average Bonchev–Trinajstić information content (AvgIpc) is 3.00. The van der Waals surface area contributed by atoms with E-state index >= 15 is 0 Å². The Morgan fingerprint density at radius 2 is 1.90 bits per heavy atom. The van der Waals surface area contributed by atoms with E-state index < -0.39 is 0 Å². The molecule has 0 aliphatic heterocycles. The maximum absolute atomic E-state index is 12.0. The Morgan fingerprint density at radius 3 is 2.62 bits per heavy atom. The smallest absolute Gasteiger partial charge is 0.239 e. The van der Waals surface area contributed by atoms with Gasteiger partial charge in [-0.2, -0.15) is 0 Å². The maximum Gasteiger partial charge on any atom is 0.239 e. The normalized spacial score (nSPS) is 21.0. The number of carbonyl (C=O) groups is 2. The predicted octanol–water partition coefficient (Wildman–Crippen LogP) is 0.794. The van der Waals surface area contributed by atoms with Crippen LogP contribution in [-0.4, -0.2) is 24.9 Å². The highest BCUT2D eigenvalue weighted by Gasteiger charge is 2.31. The number of benzene rings is 1. The Hall–Kier alpha value is -1.88. The number of hydrogen-bond acceptors (Lipinski definition) is 3. The van der Waals surface area contributed by atoms with Crippen LogP contribution in [0, 0.1) is 11.8 Å². The van der Waals surface area contributed by atoms with E-state index in [1.807, 2.05) is 30.3 Å². The lowest BCUT2D eigenvalue weighted by Gasteiger charge is -2.17. The summed E-state index contributed by atoms with van der Waals surface area (Å²) in [6, 6.07) is 9.68. The van der Waals surface area contributed by atoms with E-state index in [4.69, 9.17) is 5.73 Å². The van der Waals surface area contributed by atoms with Gasteiger partial charge in [0.05, 0.1) is 6.54 Å². The van der Waals surface area contributed by atoms with Gasteiger partial charge < -0.3 is 16.4 Å². The molecular weight excluding hydrogens is 266 g/mol. The van der Waals surface area contributed by atoms with Gasteiger partial charge in [-0.1, -0.05) is 36.8 Å². The van der Waals surface area contributed by atoms with Crippen LogP contribution in [0.5, 0.6) is 0 Å². The van der Waals surface area contributed by atoms with Gasteiger partial charge in [0.2, 0.25) is 11.8 Å². The van der Waals surface area contributed by atoms with Crippen LogP contribution in [0.25, 0.3) is 0 Å². The van der Waals surface area contributed by atoms with Crippen LogP contribution in [-0.2, 0) is 16.1 Å². The van der Waals surface area contributed by atoms with Crippen LogP contribution in [0.2, 0.25) is 0 Å². The van der Waals surface area contributed by atoms with Crippen molar-refractivity contribution in [3.05, 3.63) is 35.9 Å². The third kappa shape index (κ3) is 4.56. The second kappa shape index (κ2) is 7.78. The molecule has 2 unspecified atom stereocenters. The summed E-state index contributed by atoms with van der Waals surface area (Å²) in [5.74, 6) is 0.0154. The van der Waals surface area contributed by atoms with Gasteiger partial charge in [-0.15, -0.1) is 0 Å². The van der Waals surface area contributed by atoms with Crippen molar-refractivity contribution in [1.82, 2.24) is 10.6 Å². The Kier molecular flexibility index (Phi) is 5.75. The molecule has 1 aromatic rings. The minimum Gasteiger partial charge on any atom is -0.350 e. The molecule has 1 aromatic carbocycles. The van der Waals surface area contributed by atoms with Crippen LogP contribution in [0.4, 0.5) is 0 Å². The molecule has 0 bridgehead atoms. The molecule has 4 N–H and O–H groups in total. The first-order chi connectivity index (χ1) is 10.2. The molecule has 1 aliphatic carbocycles. The molecule has 2 amide bonds. The van der Waals surface area contributed by atoms with Gasteiger partial charge in [-0.05, 0) is 30.9 Å². The summed E-state index contributed by atoms with van der Waals surface area (Å²) in [6.45, 7) is 1.04. The quantitative estimate of drug-likeness (QED) is 0.724. The predicted molar refractivity (Wildman–Crippen MR) is 81.2 cm³/mol. The van der Waals surface area contributed by atoms with Crippen LogP contribution < -0.4 is 16.4 Å². The molecule has 2 rings (SSSR count). The maximum atomic E-state index is 12.0. The lowest BCUT2D eigenvalue weighted by Crippen LogP contribution is -2.41. The van der Waals surface area contributed by atoms with E-state index in [-0.39, 0.29) is 30.2 Å². The number of nitrogens with one attached hydrogen (secondary N) is 2. The standard InChI is InChI=1S/C16H23N3O2/c17-9-13-7-4-8-14(13)16(21)19-11-15(20)18-10-12-5-2-1-3-6-12/h1-3,5-6,13-14H,4,7-11,17H2,(H,18,20)(H,19,21). The summed E-state index contributed by atoms with van der Waals surface area (Å²) in [4.78, 5) is 23.8. The molecule has 0 heterocycles. The SMILES string of the molecule is NCC1CCCC1C(=O)NCC(=O)NCc1ccccc1. The van der Waals surface area contributed by atoms with Gasteiger partial charge in [-0.25, -0.2) is 0 Å². The first-order valence-corrected chi connectivity index (χ1v) is 7.49. The Labute approximate surface area is 125 Å². The topological polar surface area (TPSA) is 84.2 Å². The monoisotopic (exact) mass is 289 g/mol. The van der Waals surface area contributed by atoms with Gasteiger partial charge in [0.1, 0.15) is 0 Å². The molecule has 114 valence electrons. The second-order valence-electron chi connectivity index (χ2n) is 5.51. The summed E-state index contributed by atoms with van der Waals surface area (Å²) < 4.78 is 0. The summed E-state index contributed by atoms with van der Waals surface area (Å²) in [5.41, 5.74) is 6.71. The molecular formula is C16H23N3O2. The van der Waals surface area contributed by atoms with E-state index in [0.717, 1.165) is 24.8 Å². The summed E-state index contributed by atoms with van der Waals surface area (Å²) in [7, 11) is 0. The average molecular weight is 289 g/mol. The molecule has 1 aliphatic rings. The Bertz CT molecular complexity index is 476. The molecule has 21 heavy (non-hydrogen) atoms. The zero-order chi connectivity index (χ0) is 15.1. The molecule has 2 atom stereocenters. The number of amides is 2. The molecule has 1 saturated carbocycles. The molecule has 1 fully saturated rings. The van der Waals surface area contributed by atoms with Gasteiger partial charge in [0.25, 0.3) is 0 Å². The summed E-state index contributed by atoms with van der Waals surface area (Å²) in [6.07, 6.45) is 2.92. The van der Waals surface area contributed by atoms with Gasteiger partial charge in [0, 0.05) is 12.5 Å². The third-order valence-corrected chi connectivity index (χ3v) is 4.05. The fourth-order valence-corrected chi connectivity index (χ4v) is 2.82. The highest BCUT2D eigenvalue weighted by molar-refractivity contribution is 5.86. The highest BCUT2D eigenvalue weighted by Crippen LogP contribution is 2.30. The molecule has 5 heteroatoms. The summed E-state index contributed by atoms with van der Waals surface area (Å²) in [5, 5.41) is 5.51. The lowest BCUT2D eigenvalue weighted by molar-refractivity contribution is -0.129. The molecule has 0 spiro atoms. The molecule has 0 saturated heterocycles. The van der Waals surface area contributed by atoms with Crippen molar-refractivity contribution in [2.45, 2.75) is 25.8 Å². The van der Waals surface area contributed by atoms with E-state index in [9.17, 15) is 9.59 Å². The van der Waals surface area contributed by atoms with Crippen LogP contribution in [0.15, 0.2) is 30.3 Å². The Balaban J connectivity index is 1.70. The van der Waals surface area contributed by atoms with E-state index in [1.54, 1.807) is 0 Å². The lowest BCUT2D eigenvalue weighted by atomic mass is 9.95. The largest absolute Gasteiger partial charge is 0.350 e. The van der Waals surface area contributed by atoms with E-state index in [0.29, 0.717) is 13.1 Å². The van der Waals surface area contributed by atoms with Crippen molar-refractivity contribution in [2.24, 2.45) is 17.6 Å². The fraction of sp³-hybridized carbons (Fsp3) is 0.500. The third-order valence-electron chi connectivity index (χ3n) is 4.05.